The summed E-state index contributed by atoms with van der Waals surface area (Å²) in [6, 6.07) is 10.4. The maximum absolute atomic E-state index is 12.6. The van der Waals surface area contributed by atoms with Crippen LogP contribution in [0.4, 0.5) is 0 Å². The highest BCUT2D eigenvalue weighted by Gasteiger charge is 2.43. The van der Waals surface area contributed by atoms with Crippen LogP contribution in [0.1, 0.15) is 43.4 Å². The Morgan fingerprint density at radius 1 is 1.39 bits per heavy atom. The minimum absolute atomic E-state index is 0.260. The standard InChI is InChI=1S/C19H18N2O2/c1-2-23-19(22)17-11-7-5-8-12(11)18-16(14(17)10-20)13-6-3-4-9-15(13)21-18/h3-4,6,9,14,17,21H,2,5,7-8H2,1H3. The molecular weight excluding hydrogens is 288 g/mol. The molecule has 23 heavy (non-hydrogen) atoms. The van der Waals surface area contributed by atoms with Crippen LogP contribution in [0.5, 0.6) is 0 Å². The van der Waals surface area contributed by atoms with E-state index in [0.717, 1.165) is 47.0 Å². The lowest BCUT2D eigenvalue weighted by atomic mass is 9.74. The zero-order valence-corrected chi connectivity index (χ0v) is 13.1. The molecule has 0 saturated heterocycles. The number of nitriles is 1. The fraction of sp³-hybridized carbons (Fsp3) is 0.368. The molecule has 4 nitrogen and oxygen atoms in total. The Hall–Kier alpha value is -2.54. The maximum Gasteiger partial charge on any atom is 0.314 e. The molecule has 0 aliphatic heterocycles. The molecule has 2 aliphatic carbocycles. The number of aromatic nitrogens is 1. The van der Waals surface area contributed by atoms with Crippen molar-refractivity contribution in [3.8, 4) is 6.07 Å². The maximum atomic E-state index is 12.6. The predicted octanol–water partition coefficient (Wildman–Crippen LogP) is 3.91. The Bertz CT molecular complexity index is 869. The molecular formula is C19H18N2O2. The first kappa shape index (κ1) is 14.1. The van der Waals surface area contributed by atoms with Crippen molar-refractivity contribution in [2.75, 3.05) is 6.61 Å². The Kier molecular flexibility index (Phi) is 3.23. The second kappa shape index (κ2) is 5.27. The van der Waals surface area contributed by atoms with Crippen LogP contribution in [0.2, 0.25) is 0 Å². The van der Waals surface area contributed by atoms with Gasteiger partial charge in [0.05, 0.1) is 24.5 Å². The second-order valence-electron chi connectivity index (χ2n) is 6.15. The number of hydrogen-bond donors (Lipinski definition) is 1. The Labute approximate surface area is 134 Å². The van der Waals surface area contributed by atoms with E-state index in [4.69, 9.17) is 4.74 Å². The molecule has 0 spiro atoms. The van der Waals surface area contributed by atoms with Crippen LogP contribution in [0.3, 0.4) is 0 Å². The number of hydrogen-bond acceptors (Lipinski definition) is 3. The van der Waals surface area contributed by atoms with Gasteiger partial charge in [0, 0.05) is 22.2 Å². The first-order valence-electron chi connectivity index (χ1n) is 8.15. The molecule has 1 aromatic carbocycles. The lowest BCUT2D eigenvalue weighted by molar-refractivity contribution is -0.147. The van der Waals surface area contributed by atoms with Crippen LogP contribution in [-0.2, 0) is 9.53 Å². The van der Waals surface area contributed by atoms with Gasteiger partial charge in [-0.1, -0.05) is 18.2 Å². The predicted molar refractivity (Wildman–Crippen MR) is 87.5 cm³/mol. The monoisotopic (exact) mass is 306 g/mol. The highest BCUT2D eigenvalue weighted by atomic mass is 16.5. The Morgan fingerprint density at radius 2 is 2.22 bits per heavy atom. The van der Waals surface area contributed by atoms with Gasteiger partial charge in [-0.2, -0.15) is 5.26 Å². The molecule has 2 aliphatic rings. The molecule has 0 radical (unpaired) electrons. The van der Waals surface area contributed by atoms with Gasteiger partial charge in [0.15, 0.2) is 0 Å². The van der Waals surface area contributed by atoms with E-state index in [1.54, 1.807) is 0 Å². The quantitative estimate of drug-likeness (QED) is 0.856. The van der Waals surface area contributed by atoms with E-state index < -0.39 is 11.8 Å². The zero-order chi connectivity index (χ0) is 16.0. The van der Waals surface area contributed by atoms with E-state index in [-0.39, 0.29) is 5.97 Å². The third-order valence-electron chi connectivity index (χ3n) is 5.01. The molecule has 0 bridgehead atoms. The smallest absolute Gasteiger partial charge is 0.314 e. The normalized spacial score (nSPS) is 22.6. The van der Waals surface area contributed by atoms with Crippen LogP contribution in [0.25, 0.3) is 16.5 Å². The molecule has 0 amide bonds. The number of para-hydroxylation sites is 1. The lowest BCUT2D eigenvalue weighted by Gasteiger charge is -2.28. The van der Waals surface area contributed by atoms with Crippen molar-refractivity contribution >= 4 is 22.4 Å². The number of H-pyrrole nitrogens is 1. The summed E-state index contributed by atoms with van der Waals surface area (Å²) < 4.78 is 5.29. The van der Waals surface area contributed by atoms with Gasteiger partial charge in [-0.3, -0.25) is 4.79 Å². The van der Waals surface area contributed by atoms with Gasteiger partial charge >= 0.3 is 5.97 Å². The minimum Gasteiger partial charge on any atom is -0.465 e. The van der Waals surface area contributed by atoms with E-state index in [2.05, 4.69) is 11.1 Å². The minimum atomic E-state index is -0.475. The summed E-state index contributed by atoms with van der Waals surface area (Å²) in [5.74, 6) is -1.19. The number of fused-ring (bicyclic) bond motifs is 4. The number of nitrogens with one attached hydrogen (secondary N) is 1. The van der Waals surface area contributed by atoms with E-state index in [9.17, 15) is 10.1 Å². The van der Waals surface area contributed by atoms with E-state index >= 15 is 0 Å². The SMILES string of the molecule is CCOC(=O)C1C2=C(CCC2)c2[nH]c3ccccc3c2C1C#N. The number of ether oxygens (including phenoxy) is 1. The molecule has 1 aromatic heterocycles. The number of nitrogens with zero attached hydrogens (tertiary/aromatic N) is 1. The van der Waals surface area contributed by atoms with Gasteiger partial charge in [0.25, 0.3) is 0 Å². The van der Waals surface area contributed by atoms with Gasteiger partial charge < -0.3 is 9.72 Å². The average molecular weight is 306 g/mol. The molecule has 4 heteroatoms. The van der Waals surface area contributed by atoms with Gasteiger partial charge in [-0.15, -0.1) is 0 Å². The summed E-state index contributed by atoms with van der Waals surface area (Å²) in [7, 11) is 0. The third-order valence-corrected chi connectivity index (χ3v) is 5.01. The number of benzene rings is 1. The van der Waals surface area contributed by atoms with Crippen molar-refractivity contribution in [3.63, 3.8) is 0 Å². The second-order valence-corrected chi connectivity index (χ2v) is 6.15. The highest BCUT2D eigenvalue weighted by Crippen LogP contribution is 2.51. The van der Waals surface area contributed by atoms with Crippen LogP contribution in [0, 0.1) is 17.2 Å². The summed E-state index contributed by atoms with van der Waals surface area (Å²) in [6.07, 6.45) is 2.88. The summed E-state index contributed by atoms with van der Waals surface area (Å²) in [4.78, 5) is 16.0. The third kappa shape index (κ3) is 1.93. The number of aromatic amines is 1. The van der Waals surface area contributed by atoms with Crippen molar-refractivity contribution in [1.29, 1.82) is 5.26 Å². The molecule has 0 saturated carbocycles. The van der Waals surface area contributed by atoms with E-state index in [1.807, 2.05) is 31.2 Å². The summed E-state index contributed by atoms with van der Waals surface area (Å²) >= 11 is 0. The number of allylic oxidation sites excluding steroid dienone is 1. The summed E-state index contributed by atoms with van der Waals surface area (Å²) in [5, 5.41) is 10.9. The average Bonchev–Trinajstić information content (AvgIpc) is 3.17. The highest BCUT2D eigenvalue weighted by molar-refractivity contribution is 5.96. The number of carbonyl (C=O) groups excluding carboxylic acids is 1. The molecule has 2 atom stereocenters. The van der Waals surface area contributed by atoms with Crippen molar-refractivity contribution in [2.45, 2.75) is 32.1 Å². The Morgan fingerprint density at radius 3 is 3.00 bits per heavy atom. The number of rotatable bonds is 2. The fourth-order valence-electron chi connectivity index (χ4n) is 4.14. The summed E-state index contributed by atoms with van der Waals surface area (Å²) in [5.41, 5.74) is 5.39. The van der Waals surface area contributed by atoms with Gasteiger partial charge in [-0.05, 0) is 43.4 Å². The van der Waals surface area contributed by atoms with Crippen molar-refractivity contribution in [3.05, 3.63) is 41.1 Å². The van der Waals surface area contributed by atoms with Crippen molar-refractivity contribution in [2.24, 2.45) is 5.92 Å². The van der Waals surface area contributed by atoms with Gasteiger partial charge in [0.2, 0.25) is 0 Å². The molecule has 4 rings (SSSR count). The van der Waals surface area contributed by atoms with Crippen molar-refractivity contribution < 1.29 is 9.53 Å². The van der Waals surface area contributed by atoms with Crippen molar-refractivity contribution in [1.82, 2.24) is 4.98 Å². The first-order valence-corrected chi connectivity index (χ1v) is 8.15. The Balaban J connectivity index is 1.98. The lowest BCUT2D eigenvalue weighted by Crippen LogP contribution is -2.28. The van der Waals surface area contributed by atoms with Gasteiger partial charge in [0.1, 0.15) is 0 Å². The van der Waals surface area contributed by atoms with Crippen LogP contribution < -0.4 is 0 Å². The molecule has 0 fully saturated rings. The fourth-order valence-corrected chi connectivity index (χ4v) is 4.14. The molecule has 1 N–H and O–H groups in total. The first-order chi connectivity index (χ1) is 11.3. The number of esters is 1. The topological polar surface area (TPSA) is 65.9 Å². The molecule has 2 aromatic rings. The molecule has 116 valence electrons. The molecule has 1 heterocycles. The van der Waals surface area contributed by atoms with Gasteiger partial charge in [-0.25, -0.2) is 0 Å². The van der Waals surface area contributed by atoms with E-state index in [0.29, 0.717) is 6.61 Å². The van der Waals surface area contributed by atoms with E-state index in [1.165, 1.54) is 5.57 Å². The van der Waals surface area contributed by atoms with Crippen LogP contribution in [0.15, 0.2) is 29.8 Å². The zero-order valence-electron chi connectivity index (χ0n) is 13.1. The molecule has 2 unspecified atom stereocenters. The number of carbonyl (C=O) groups is 1. The summed E-state index contributed by atoms with van der Waals surface area (Å²) in [6.45, 7) is 2.15. The van der Waals surface area contributed by atoms with Crippen LogP contribution >= 0.6 is 0 Å². The van der Waals surface area contributed by atoms with Crippen LogP contribution in [-0.4, -0.2) is 17.6 Å². The largest absolute Gasteiger partial charge is 0.465 e.